The van der Waals surface area contributed by atoms with Crippen LogP contribution in [0.15, 0.2) is 60.7 Å². The predicted octanol–water partition coefficient (Wildman–Crippen LogP) is 7.71. The van der Waals surface area contributed by atoms with Crippen molar-refractivity contribution < 1.29 is 32.2 Å². The largest absolute Gasteiger partial charge is 0.487 e. The first-order chi connectivity index (χ1) is 19.6. The molecule has 2 aliphatic carbocycles. The van der Waals surface area contributed by atoms with Crippen molar-refractivity contribution in [3.63, 3.8) is 0 Å². The summed E-state index contributed by atoms with van der Waals surface area (Å²) in [7, 11) is 1.35. The van der Waals surface area contributed by atoms with Gasteiger partial charge in [0, 0.05) is 10.8 Å². The number of rotatable bonds is 8. The highest BCUT2D eigenvalue weighted by molar-refractivity contribution is 6.05. The summed E-state index contributed by atoms with van der Waals surface area (Å²) in [5.74, 6) is 0.474. The lowest BCUT2D eigenvalue weighted by molar-refractivity contribution is -0.150. The molecular weight excluding hydrogens is 531 g/mol. The Morgan fingerprint density at radius 3 is 2.51 bits per heavy atom. The van der Waals surface area contributed by atoms with E-state index in [4.69, 9.17) is 9.47 Å². The molecule has 3 aromatic carbocycles. The number of fused-ring (bicyclic) bond motifs is 3. The van der Waals surface area contributed by atoms with E-state index in [1.165, 1.54) is 19.2 Å². The van der Waals surface area contributed by atoms with Gasteiger partial charge in [-0.1, -0.05) is 68.7 Å². The topological polar surface area (TPSA) is 64.6 Å². The van der Waals surface area contributed by atoms with E-state index in [0.29, 0.717) is 28.5 Å². The smallest absolute Gasteiger partial charge is 0.416 e. The highest BCUT2D eigenvalue weighted by Gasteiger charge is 2.51. The number of halogens is 3. The standard InChI is InChI=1S/C33H36F3NO4/c1-3-21-17-23-7-6-16-32(18-21,19-23)29(31(39)40-2)37-30(38)27-15-12-24-8-4-5-9-26(24)28(27)41-20-22-10-13-25(14-11-22)33(34,35)36/h4-5,8-15,21,23,29H,3,6-7,16-20H2,1-2H3,(H,37,38)/t21?,23?,29?,32-/m1/s1. The fraction of sp³-hybridized carbons (Fsp3) is 0.455. The fourth-order valence-corrected chi connectivity index (χ4v) is 7.04. The van der Waals surface area contributed by atoms with E-state index < -0.39 is 29.7 Å². The minimum atomic E-state index is -4.43. The Balaban J connectivity index is 1.45. The molecule has 8 heteroatoms. The summed E-state index contributed by atoms with van der Waals surface area (Å²) in [5.41, 5.74) is -0.304. The van der Waals surface area contributed by atoms with Crippen molar-refractivity contribution in [2.45, 2.75) is 70.7 Å². The summed E-state index contributed by atoms with van der Waals surface area (Å²) in [5, 5.41) is 4.60. The van der Waals surface area contributed by atoms with Crippen LogP contribution in [0.3, 0.4) is 0 Å². The number of carbonyl (C=O) groups is 2. The van der Waals surface area contributed by atoms with E-state index in [2.05, 4.69) is 12.2 Å². The average Bonchev–Trinajstić information content (AvgIpc) is 2.97. The third-order valence-electron chi connectivity index (χ3n) is 9.03. The minimum absolute atomic E-state index is 0.0311. The molecule has 3 aromatic rings. The van der Waals surface area contributed by atoms with Gasteiger partial charge in [0.15, 0.2) is 0 Å². The number of amides is 1. The number of methoxy groups -OCH3 is 1. The third-order valence-corrected chi connectivity index (χ3v) is 9.03. The molecular formula is C33H36F3NO4. The quantitative estimate of drug-likeness (QED) is 0.283. The normalized spacial score (nSPS) is 23.0. The number of nitrogens with one attached hydrogen (secondary N) is 1. The zero-order valence-corrected chi connectivity index (χ0v) is 23.4. The second kappa shape index (κ2) is 11.7. The molecule has 2 aliphatic rings. The maximum absolute atomic E-state index is 13.9. The zero-order valence-electron chi connectivity index (χ0n) is 23.4. The molecule has 2 fully saturated rings. The van der Waals surface area contributed by atoms with Gasteiger partial charge in [0.05, 0.1) is 18.2 Å². The molecule has 218 valence electrons. The first-order valence-corrected chi connectivity index (χ1v) is 14.3. The Bertz CT molecular complexity index is 1400. The second-order valence-corrected chi connectivity index (χ2v) is 11.6. The van der Waals surface area contributed by atoms with Gasteiger partial charge in [-0.05, 0) is 66.7 Å². The van der Waals surface area contributed by atoms with E-state index in [9.17, 15) is 22.8 Å². The van der Waals surface area contributed by atoms with Crippen molar-refractivity contribution in [2.24, 2.45) is 17.3 Å². The van der Waals surface area contributed by atoms with Crippen molar-refractivity contribution in [1.82, 2.24) is 5.32 Å². The molecule has 0 aliphatic heterocycles. The molecule has 0 radical (unpaired) electrons. The monoisotopic (exact) mass is 567 g/mol. The first-order valence-electron chi connectivity index (χ1n) is 14.3. The summed E-state index contributed by atoms with van der Waals surface area (Å²) in [6.45, 7) is 2.15. The van der Waals surface area contributed by atoms with Crippen molar-refractivity contribution in [2.75, 3.05) is 7.11 Å². The van der Waals surface area contributed by atoms with Gasteiger partial charge in [0.25, 0.3) is 5.91 Å². The van der Waals surface area contributed by atoms with Gasteiger partial charge in [0.1, 0.15) is 18.4 Å². The molecule has 1 N–H and O–H groups in total. The van der Waals surface area contributed by atoms with Gasteiger partial charge in [-0.3, -0.25) is 4.79 Å². The maximum Gasteiger partial charge on any atom is 0.416 e. The molecule has 5 nitrogen and oxygen atoms in total. The molecule has 5 rings (SSSR count). The van der Waals surface area contributed by atoms with Crippen molar-refractivity contribution in [3.05, 3.63) is 77.4 Å². The Morgan fingerprint density at radius 1 is 1.05 bits per heavy atom. The molecule has 2 saturated carbocycles. The second-order valence-electron chi connectivity index (χ2n) is 11.6. The Morgan fingerprint density at radius 2 is 1.80 bits per heavy atom. The molecule has 3 unspecified atom stereocenters. The SMILES string of the molecule is CCC1CC2CCC[C@@](C(NC(=O)c3ccc4ccccc4c3OCc3ccc(C(F)(F)F)cc3)C(=O)OC)(C1)C2. The van der Waals surface area contributed by atoms with E-state index in [1.807, 2.05) is 30.3 Å². The molecule has 0 heterocycles. The van der Waals surface area contributed by atoms with Crippen LogP contribution in [-0.2, 0) is 22.3 Å². The van der Waals surface area contributed by atoms with Gasteiger partial charge in [-0.2, -0.15) is 13.2 Å². The lowest BCUT2D eigenvalue weighted by atomic mass is 9.55. The van der Waals surface area contributed by atoms with Gasteiger partial charge >= 0.3 is 12.1 Å². The number of carbonyl (C=O) groups excluding carboxylic acids is 2. The number of ether oxygens (including phenoxy) is 2. The average molecular weight is 568 g/mol. The Hall–Kier alpha value is -3.55. The van der Waals surface area contributed by atoms with Crippen LogP contribution in [0.5, 0.6) is 5.75 Å². The Labute approximate surface area is 238 Å². The van der Waals surface area contributed by atoms with Gasteiger partial charge in [0.2, 0.25) is 0 Å². The lowest BCUT2D eigenvalue weighted by Crippen LogP contribution is -2.57. The minimum Gasteiger partial charge on any atom is -0.487 e. The van der Waals surface area contributed by atoms with Crippen molar-refractivity contribution >= 4 is 22.6 Å². The Kier molecular flexibility index (Phi) is 8.30. The summed E-state index contributed by atoms with van der Waals surface area (Å²) in [6.07, 6.45) is 2.54. The number of hydrogen-bond donors (Lipinski definition) is 1. The summed E-state index contributed by atoms with van der Waals surface area (Å²) >= 11 is 0. The number of esters is 1. The highest BCUT2D eigenvalue weighted by Crippen LogP contribution is 2.54. The molecule has 0 saturated heterocycles. The maximum atomic E-state index is 13.9. The number of hydrogen-bond acceptors (Lipinski definition) is 4. The van der Waals surface area contributed by atoms with Crippen molar-refractivity contribution in [1.29, 1.82) is 0 Å². The molecule has 2 bridgehead atoms. The van der Waals surface area contributed by atoms with Crippen LogP contribution in [0.1, 0.15) is 73.4 Å². The highest BCUT2D eigenvalue weighted by atomic mass is 19.4. The first kappa shape index (κ1) is 29.0. The van der Waals surface area contributed by atoms with E-state index in [0.717, 1.165) is 62.5 Å². The lowest BCUT2D eigenvalue weighted by Gasteiger charge is -2.51. The van der Waals surface area contributed by atoms with Crippen LogP contribution in [0.4, 0.5) is 13.2 Å². The fourth-order valence-electron chi connectivity index (χ4n) is 7.04. The number of benzene rings is 3. The summed E-state index contributed by atoms with van der Waals surface area (Å²) in [4.78, 5) is 27.2. The molecule has 41 heavy (non-hydrogen) atoms. The van der Waals surface area contributed by atoms with Crippen LogP contribution in [0.2, 0.25) is 0 Å². The van der Waals surface area contributed by atoms with Crippen LogP contribution in [0, 0.1) is 17.3 Å². The van der Waals surface area contributed by atoms with E-state index in [-0.39, 0.29) is 17.6 Å². The zero-order chi connectivity index (χ0) is 29.2. The van der Waals surface area contributed by atoms with E-state index in [1.54, 1.807) is 6.07 Å². The van der Waals surface area contributed by atoms with Crippen LogP contribution >= 0.6 is 0 Å². The van der Waals surface area contributed by atoms with Crippen LogP contribution < -0.4 is 10.1 Å². The van der Waals surface area contributed by atoms with Gasteiger partial charge in [-0.25, -0.2) is 4.79 Å². The molecule has 4 atom stereocenters. The van der Waals surface area contributed by atoms with Crippen LogP contribution in [0.25, 0.3) is 10.8 Å². The molecule has 1 amide bonds. The summed E-state index contributed by atoms with van der Waals surface area (Å²) < 4.78 is 50.4. The van der Waals surface area contributed by atoms with Crippen LogP contribution in [-0.4, -0.2) is 25.0 Å². The number of alkyl halides is 3. The predicted molar refractivity (Wildman–Crippen MR) is 150 cm³/mol. The third kappa shape index (κ3) is 6.07. The summed E-state index contributed by atoms with van der Waals surface area (Å²) in [6, 6.07) is 14.9. The van der Waals surface area contributed by atoms with Gasteiger partial charge in [-0.15, -0.1) is 0 Å². The van der Waals surface area contributed by atoms with E-state index >= 15 is 0 Å². The molecule has 0 spiro atoms. The van der Waals surface area contributed by atoms with Gasteiger partial charge < -0.3 is 14.8 Å². The van der Waals surface area contributed by atoms with Crippen molar-refractivity contribution in [3.8, 4) is 5.75 Å². The molecule has 0 aromatic heterocycles.